The summed E-state index contributed by atoms with van der Waals surface area (Å²) in [4.78, 5) is 12.3. The number of carbonyl (C=O) groups excluding carboxylic acids is 1. The van der Waals surface area contributed by atoms with Gasteiger partial charge in [0.15, 0.2) is 0 Å². The van der Waals surface area contributed by atoms with Crippen LogP contribution in [0.2, 0.25) is 0 Å². The molecule has 128 valence electrons. The molecule has 2 N–H and O–H groups in total. The summed E-state index contributed by atoms with van der Waals surface area (Å²) >= 11 is 0. The number of carbonyl (C=O) groups is 1. The van der Waals surface area contributed by atoms with Crippen molar-refractivity contribution >= 4 is 18.3 Å². The summed E-state index contributed by atoms with van der Waals surface area (Å²) in [5.74, 6) is 0.918. The van der Waals surface area contributed by atoms with E-state index >= 15 is 0 Å². The van der Waals surface area contributed by atoms with E-state index in [9.17, 15) is 4.79 Å². The van der Waals surface area contributed by atoms with Crippen LogP contribution in [0.5, 0.6) is 5.75 Å². The van der Waals surface area contributed by atoms with Crippen LogP contribution < -0.4 is 15.4 Å². The number of benzene rings is 2. The number of fused-ring (bicyclic) bond motifs is 1. The number of hydrogen-bond donors (Lipinski definition) is 2. The maximum Gasteiger partial charge on any atom is 0.237 e. The second-order valence-corrected chi connectivity index (χ2v) is 5.80. The smallest absolute Gasteiger partial charge is 0.237 e. The molecule has 0 saturated carbocycles. The monoisotopic (exact) mass is 346 g/mol. The van der Waals surface area contributed by atoms with Gasteiger partial charge in [0.1, 0.15) is 5.75 Å². The van der Waals surface area contributed by atoms with Crippen molar-refractivity contribution in [2.24, 2.45) is 0 Å². The summed E-state index contributed by atoms with van der Waals surface area (Å²) in [6.45, 7) is 1.38. The molecule has 0 aromatic heterocycles. The Kier molecular flexibility index (Phi) is 6.64. The van der Waals surface area contributed by atoms with Gasteiger partial charge in [-0.15, -0.1) is 12.4 Å². The molecule has 1 aliphatic heterocycles. The average molecular weight is 347 g/mol. The highest BCUT2D eigenvalue weighted by molar-refractivity contribution is 5.85. The van der Waals surface area contributed by atoms with E-state index in [4.69, 9.17) is 4.74 Å². The van der Waals surface area contributed by atoms with Crippen LogP contribution in [0.25, 0.3) is 0 Å². The van der Waals surface area contributed by atoms with Crippen molar-refractivity contribution in [2.75, 3.05) is 13.7 Å². The number of nitrogens with one attached hydrogen (secondary N) is 2. The minimum absolute atomic E-state index is 0. The van der Waals surface area contributed by atoms with E-state index in [1.807, 2.05) is 36.4 Å². The van der Waals surface area contributed by atoms with Gasteiger partial charge in [-0.05, 0) is 41.7 Å². The average Bonchev–Trinajstić information content (AvgIpc) is 2.61. The third-order valence-electron chi connectivity index (χ3n) is 4.24. The van der Waals surface area contributed by atoms with E-state index in [0.717, 1.165) is 30.7 Å². The van der Waals surface area contributed by atoms with Crippen molar-refractivity contribution in [3.8, 4) is 5.75 Å². The fraction of sp³-hybridized carbons (Fsp3) is 0.316. The van der Waals surface area contributed by atoms with Crippen molar-refractivity contribution in [2.45, 2.75) is 25.4 Å². The SMILES string of the molecule is COc1cccc(CCNC(=O)C2Cc3ccccc3CN2)c1.Cl. The molecule has 24 heavy (non-hydrogen) atoms. The molecule has 0 bridgehead atoms. The molecule has 0 aliphatic carbocycles. The zero-order valence-electron chi connectivity index (χ0n) is 13.7. The first-order valence-corrected chi connectivity index (χ1v) is 7.97. The molecule has 1 atom stereocenters. The molecule has 0 fully saturated rings. The van der Waals surface area contributed by atoms with Crippen molar-refractivity contribution in [3.63, 3.8) is 0 Å². The number of halogens is 1. The van der Waals surface area contributed by atoms with Crippen molar-refractivity contribution in [3.05, 3.63) is 65.2 Å². The zero-order chi connectivity index (χ0) is 16.1. The van der Waals surface area contributed by atoms with Gasteiger partial charge in [-0.25, -0.2) is 0 Å². The van der Waals surface area contributed by atoms with E-state index in [2.05, 4.69) is 22.8 Å². The summed E-state index contributed by atoms with van der Waals surface area (Å²) in [6.07, 6.45) is 1.55. The minimum Gasteiger partial charge on any atom is -0.497 e. The Bertz CT molecular complexity index is 691. The Hall–Kier alpha value is -2.04. The summed E-state index contributed by atoms with van der Waals surface area (Å²) in [5, 5.41) is 6.34. The molecular formula is C19H23ClN2O2. The fourth-order valence-corrected chi connectivity index (χ4v) is 2.92. The van der Waals surface area contributed by atoms with E-state index < -0.39 is 0 Å². The van der Waals surface area contributed by atoms with Crippen LogP contribution in [0.1, 0.15) is 16.7 Å². The number of ether oxygens (including phenoxy) is 1. The van der Waals surface area contributed by atoms with Crippen LogP contribution in [0.4, 0.5) is 0 Å². The highest BCUT2D eigenvalue weighted by Crippen LogP contribution is 2.16. The van der Waals surface area contributed by atoms with Gasteiger partial charge in [0.2, 0.25) is 5.91 Å². The molecule has 3 rings (SSSR count). The van der Waals surface area contributed by atoms with Crippen molar-refractivity contribution in [1.29, 1.82) is 0 Å². The predicted molar refractivity (Wildman–Crippen MR) is 97.7 cm³/mol. The van der Waals surface area contributed by atoms with Crippen LogP contribution in [-0.4, -0.2) is 25.6 Å². The van der Waals surface area contributed by atoms with Crippen LogP contribution in [-0.2, 0) is 24.2 Å². The highest BCUT2D eigenvalue weighted by Gasteiger charge is 2.23. The quantitative estimate of drug-likeness (QED) is 0.874. The lowest BCUT2D eigenvalue weighted by Crippen LogP contribution is -2.48. The molecule has 0 spiro atoms. The Balaban J connectivity index is 0.00000208. The maximum atomic E-state index is 12.3. The molecule has 0 saturated heterocycles. The molecule has 2 aromatic carbocycles. The maximum absolute atomic E-state index is 12.3. The Labute approximate surface area is 149 Å². The lowest BCUT2D eigenvalue weighted by atomic mass is 9.95. The summed E-state index contributed by atoms with van der Waals surface area (Å²) in [5.41, 5.74) is 3.71. The standard InChI is InChI=1S/C19H22N2O2.ClH/c1-23-17-8-4-5-14(11-17)9-10-20-19(22)18-12-15-6-2-3-7-16(15)13-21-18;/h2-8,11,18,21H,9-10,12-13H2,1H3,(H,20,22);1H. The molecule has 1 heterocycles. The van der Waals surface area contributed by atoms with Gasteiger partial charge in [-0.2, -0.15) is 0 Å². The third-order valence-corrected chi connectivity index (χ3v) is 4.24. The molecular weight excluding hydrogens is 324 g/mol. The normalized spacial score (nSPS) is 15.8. The van der Waals surface area contributed by atoms with Crippen LogP contribution in [0, 0.1) is 0 Å². The highest BCUT2D eigenvalue weighted by atomic mass is 35.5. The number of methoxy groups -OCH3 is 1. The second-order valence-electron chi connectivity index (χ2n) is 5.80. The fourth-order valence-electron chi connectivity index (χ4n) is 2.92. The Morgan fingerprint density at radius 1 is 1.21 bits per heavy atom. The number of amides is 1. The van der Waals surface area contributed by atoms with E-state index in [-0.39, 0.29) is 24.4 Å². The Morgan fingerprint density at radius 3 is 2.79 bits per heavy atom. The van der Waals surface area contributed by atoms with E-state index in [1.165, 1.54) is 11.1 Å². The molecule has 0 radical (unpaired) electrons. The van der Waals surface area contributed by atoms with E-state index in [1.54, 1.807) is 7.11 Å². The molecule has 2 aromatic rings. The lowest BCUT2D eigenvalue weighted by Gasteiger charge is -2.25. The topological polar surface area (TPSA) is 50.4 Å². The number of rotatable bonds is 5. The first kappa shape index (κ1) is 18.3. The predicted octanol–water partition coefficient (Wildman–Crippen LogP) is 2.49. The minimum atomic E-state index is -0.143. The lowest BCUT2D eigenvalue weighted by molar-refractivity contribution is -0.123. The summed E-state index contributed by atoms with van der Waals surface area (Å²) < 4.78 is 5.21. The van der Waals surface area contributed by atoms with Gasteiger partial charge in [0.25, 0.3) is 0 Å². The molecule has 1 aliphatic rings. The van der Waals surface area contributed by atoms with Crippen LogP contribution in [0.15, 0.2) is 48.5 Å². The van der Waals surface area contributed by atoms with Crippen molar-refractivity contribution < 1.29 is 9.53 Å². The molecule has 1 unspecified atom stereocenters. The second kappa shape index (κ2) is 8.71. The van der Waals surface area contributed by atoms with Gasteiger partial charge < -0.3 is 15.4 Å². The van der Waals surface area contributed by atoms with Gasteiger partial charge >= 0.3 is 0 Å². The largest absolute Gasteiger partial charge is 0.497 e. The molecule has 1 amide bonds. The molecule has 5 heteroatoms. The third kappa shape index (κ3) is 4.49. The number of hydrogen-bond acceptors (Lipinski definition) is 3. The van der Waals surface area contributed by atoms with Gasteiger partial charge in [-0.3, -0.25) is 4.79 Å². The van der Waals surface area contributed by atoms with E-state index in [0.29, 0.717) is 6.54 Å². The summed E-state index contributed by atoms with van der Waals surface area (Å²) in [7, 11) is 1.66. The van der Waals surface area contributed by atoms with Gasteiger partial charge in [0.05, 0.1) is 13.2 Å². The zero-order valence-corrected chi connectivity index (χ0v) is 14.6. The Morgan fingerprint density at radius 2 is 2.00 bits per heavy atom. The van der Waals surface area contributed by atoms with Crippen LogP contribution in [0.3, 0.4) is 0 Å². The van der Waals surface area contributed by atoms with Crippen LogP contribution >= 0.6 is 12.4 Å². The first-order chi connectivity index (χ1) is 11.3. The molecule has 4 nitrogen and oxygen atoms in total. The summed E-state index contributed by atoms with van der Waals surface area (Å²) in [6, 6.07) is 16.1. The van der Waals surface area contributed by atoms with Gasteiger partial charge in [-0.1, -0.05) is 36.4 Å². The van der Waals surface area contributed by atoms with Gasteiger partial charge in [0, 0.05) is 13.1 Å². The van der Waals surface area contributed by atoms with Crippen molar-refractivity contribution in [1.82, 2.24) is 10.6 Å². The first-order valence-electron chi connectivity index (χ1n) is 7.97.